The number of benzene rings is 1. The zero-order valence-electron chi connectivity index (χ0n) is 14.6. The van der Waals surface area contributed by atoms with Crippen molar-refractivity contribution < 1.29 is 15.0 Å². The van der Waals surface area contributed by atoms with Gasteiger partial charge in [-0.25, -0.2) is 0 Å². The molecule has 3 rings (SSSR count). The summed E-state index contributed by atoms with van der Waals surface area (Å²) in [6, 6.07) is 5.87. The fraction of sp³-hybridized carbons (Fsp3) is 0.650. The maximum atomic E-state index is 12.8. The van der Waals surface area contributed by atoms with Crippen LogP contribution in [0.25, 0.3) is 0 Å². The second-order valence-corrected chi connectivity index (χ2v) is 8.58. The fourth-order valence-corrected chi connectivity index (χ4v) is 4.91. The van der Waals surface area contributed by atoms with Gasteiger partial charge in [-0.3, -0.25) is 4.79 Å². The number of aliphatic hydroxyl groups excluding tert-OH is 1. The number of carbonyl (C=O) groups excluding carboxylic acids is 1. The first kappa shape index (κ1) is 16.7. The van der Waals surface area contributed by atoms with Crippen LogP contribution in [0.15, 0.2) is 18.2 Å². The Labute approximate surface area is 138 Å². The molecular formula is C20H28O3. The molecule has 0 amide bonds. The van der Waals surface area contributed by atoms with Crippen molar-refractivity contribution in [1.29, 1.82) is 0 Å². The molecule has 3 heteroatoms. The Bertz CT molecular complexity index is 643. The lowest BCUT2D eigenvalue weighted by Gasteiger charge is -2.54. The SMILES string of the molecule is CC(C)(O)c1ccc2c(c1)C(=O)CC1[C@@](C)(CO)CCC[C@@]21C. The zero-order chi connectivity index (χ0) is 17.0. The second kappa shape index (κ2) is 5.15. The number of aliphatic hydroxyl groups is 2. The van der Waals surface area contributed by atoms with Crippen molar-refractivity contribution in [1.82, 2.24) is 0 Å². The third kappa shape index (κ3) is 2.45. The Morgan fingerprint density at radius 3 is 2.57 bits per heavy atom. The zero-order valence-corrected chi connectivity index (χ0v) is 14.6. The van der Waals surface area contributed by atoms with Crippen LogP contribution in [-0.2, 0) is 11.0 Å². The number of hydrogen-bond acceptors (Lipinski definition) is 3. The van der Waals surface area contributed by atoms with Gasteiger partial charge in [0.2, 0.25) is 0 Å². The third-order valence-electron chi connectivity index (χ3n) is 6.45. The number of Topliss-reactive ketones (excluding diaryl/α,β-unsaturated/α-hetero) is 1. The lowest BCUT2D eigenvalue weighted by molar-refractivity contribution is -0.0142. The van der Waals surface area contributed by atoms with Crippen LogP contribution >= 0.6 is 0 Å². The molecule has 0 heterocycles. The van der Waals surface area contributed by atoms with Crippen molar-refractivity contribution in [2.75, 3.05) is 6.61 Å². The predicted octanol–water partition coefficient (Wildman–Crippen LogP) is 3.56. The Kier molecular flexibility index (Phi) is 3.73. The van der Waals surface area contributed by atoms with E-state index in [1.165, 1.54) is 0 Å². The molecule has 3 atom stereocenters. The lowest BCUT2D eigenvalue weighted by Crippen LogP contribution is -2.51. The molecule has 1 aromatic rings. The Morgan fingerprint density at radius 1 is 1.26 bits per heavy atom. The minimum Gasteiger partial charge on any atom is -0.396 e. The first-order valence-electron chi connectivity index (χ1n) is 8.63. The minimum absolute atomic E-state index is 0.0723. The van der Waals surface area contributed by atoms with Crippen LogP contribution in [-0.4, -0.2) is 22.6 Å². The summed E-state index contributed by atoms with van der Waals surface area (Å²) >= 11 is 0. The molecule has 1 aromatic carbocycles. The van der Waals surface area contributed by atoms with E-state index in [0.717, 1.165) is 36.0 Å². The highest BCUT2D eigenvalue weighted by atomic mass is 16.3. The summed E-state index contributed by atoms with van der Waals surface area (Å²) in [5, 5.41) is 20.2. The number of carbonyl (C=O) groups is 1. The van der Waals surface area contributed by atoms with Crippen LogP contribution < -0.4 is 0 Å². The maximum Gasteiger partial charge on any atom is 0.163 e. The summed E-state index contributed by atoms with van der Waals surface area (Å²) in [6.45, 7) is 8.00. The summed E-state index contributed by atoms with van der Waals surface area (Å²) in [5.74, 6) is 0.330. The van der Waals surface area contributed by atoms with Crippen molar-refractivity contribution >= 4 is 5.78 Å². The van der Waals surface area contributed by atoms with Gasteiger partial charge < -0.3 is 10.2 Å². The van der Waals surface area contributed by atoms with E-state index >= 15 is 0 Å². The topological polar surface area (TPSA) is 57.5 Å². The second-order valence-electron chi connectivity index (χ2n) is 8.58. The summed E-state index contributed by atoms with van der Waals surface area (Å²) in [6.07, 6.45) is 3.60. The highest BCUT2D eigenvalue weighted by Gasteiger charge is 2.53. The van der Waals surface area contributed by atoms with Gasteiger partial charge in [0.05, 0.1) is 5.60 Å². The van der Waals surface area contributed by atoms with Gasteiger partial charge in [-0.15, -0.1) is 0 Å². The van der Waals surface area contributed by atoms with Gasteiger partial charge in [0.15, 0.2) is 5.78 Å². The van der Waals surface area contributed by atoms with Crippen molar-refractivity contribution in [3.8, 4) is 0 Å². The van der Waals surface area contributed by atoms with Crippen LogP contribution in [0.5, 0.6) is 0 Å². The third-order valence-corrected chi connectivity index (χ3v) is 6.45. The van der Waals surface area contributed by atoms with Crippen LogP contribution in [0.1, 0.15) is 74.9 Å². The van der Waals surface area contributed by atoms with Crippen LogP contribution in [0, 0.1) is 11.3 Å². The van der Waals surface area contributed by atoms with E-state index in [0.29, 0.717) is 6.42 Å². The first-order valence-corrected chi connectivity index (χ1v) is 8.63. The summed E-state index contributed by atoms with van der Waals surface area (Å²) < 4.78 is 0. The fourth-order valence-electron chi connectivity index (χ4n) is 4.91. The van der Waals surface area contributed by atoms with Gasteiger partial charge in [-0.2, -0.15) is 0 Å². The smallest absolute Gasteiger partial charge is 0.163 e. The molecule has 2 aliphatic rings. The molecule has 2 N–H and O–H groups in total. The number of hydrogen-bond donors (Lipinski definition) is 2. The van der Waals surface area contributed by atoms with E-state index < -0.39 is 5.60 Å². The molecule has 23 heavy (non-hydrogen) atoms. The summed E-state index contributed by atoms with van der Waals surface area (Å²) in [5.41, 5.74) is 1.45. The molecule has 0 aliphatic heterocycles. The molecule has 0 saturated heterocycles. The average Bonchev–Trinajstić information content (AvgIpc) is 2.49. The highest BCUT2D eigenvalue weighted by molar-refractivity contribution is 5.99. The van der Waals surface area contributed by atoms with Crippen molar-refractivity contribution in [3.63, 3.8) is 0 Å². The van der Waals surface area contributed by atoms with E-state index in [-0.39, 0.29) is 29.1 Å². The van der Waals surface area contributed by atoms with Crippen LogP contribution in [0.4, 0.5) is 0 Å². The number of ketones is 1. The molecule has 1 fully saturated rings. The largest absolute Gasteiger partial charge is 0.396 e. The van der Waals surface area contributed by atoms with E-state index in [1.54, 1.807) is 13.8 Å². The molecule has 2 aliphatic carbocycles. The minimum atomic E-state index is -0.945. The lowest BCUT2D eigenvalue weighted by atomic mass is 9.50. The number of fused-ring (bicyclic) bond motifs is 3. The molecular weight excluding hydrogens is 288 g/mol. The van der Waals surface area contributed by atoms with Gasteiger partial charge in [0, 0.05) is 18.6 Å². The van der Waals surface area contributed by atoms with Gasteiger partial charge in [-0.1, -0.05) is 32.4 Å². The van der Waals surface area contributed by atoms with Gasteiger partial charge >= 0.3 is 0 Å². The molecule has 0 aromatic heterocycles. The monoisotopic (exact) mass is 316 g/mol. The Balaban J connectivity index is 2.14. The first-order chi connectivity index (χ1) is 10.6. The maximum absolute atomic E-state index is 12.8. The van der Waals surface area contributed by atoms with E-state index in [9.17, 15) is 15.0 Å². The van der Waals surface area contributed by atoms with Gasteiger partial charge in [-0.05, 0) is 60.6 Å². The standard InChI is InChI=1S/C20H28O3/c1-18(2,23)13-6-7-15-14(10-13)16(22)11-17-19(3,12-21)8-5-9-20(15,17)4/h6-7,10,17,21,23H,5,8-9,11-12H2,1-4H3/t17?,19-,20+/m1/s1. The molecule has 0 bridgehead atoms. The Morgan fingerprint density at radius 2 is 1.96 bits per heavy atom. The number of rotatable bonds is 2. The van der Waals surface area contributed by atoms with E-state index in [4.69, 9.17) is 0 Å². The normalized spacial score (nSPS) is 34.0. The van der Waals surface area contributed by atoms with Crippen LogP contribution in [0.3, 0.4) is 0 Å². The van der Waals surface area contributed by atoms with E-state index in [2.05, 4.69) is 13.8 Å². The van der Waals surface area contributed by atoms with Crippen molar-refractivity contribution in [2.24, 2.45) is 11.3 Å². The van der Waals surface area contributed by atoms with Gasteiger partial charge in [0.25, 0.3) is 0 Å². The molecule has 0 spiro atoms. The highest BCUT2D eigenvalue weighted by Crippen LogP contribution is 2.57. The van der Waals surface area contributed by atoms with Crippen LogP contribution in [0.2, 0.25) is 0 Å². The molecule has 3 nitrogen and oxygen atoms in total. The molecule has 1 saturated carbocycles. The molecule has 126 valence electrons. The molecule has 1 unspecified atom stereocenters. The predicted molar refractivity (Wildman–Crippen MR) is 90.5 cm³/mol. The Hall–Kier alpha value is -1.19. The average molecular weight is 316 g/mol. The van der Waals surface area contributed by atoms with Crippen molar-refractivity contribution in [2.45, 2.75) is 64.4 Å². The van der Waals surface area contributed by atoms with Gasteiger partial charge in [0.1, 0.15) is 0 Å². The quantitative estimate of drug-likeness (QED) is 0.877. The van der Waals surface area contributed by atoms with Crippen molar-refractivity contribution in [3.05, 3.63) is 34.9 Å². The summed E-state index contributed by atoms with van der Waals surface area (Å²) in [4.78, 5) is 12.8. The molecule has 0 radical (unpaired) electrons. The summed E-state index contributed by atoms with van der Waals surface area (Å²) in [7, 11) is 0. The van der Waals surface area contributed by atoms with E-state index in [1.807, 2.05) is 18.2 Å².